The number of imidazole rings is 1. The van der Waals surface area contributed by atoms with Crippen molar-refractivity contribution in [2.24, 2.45) is 5.73 Å². The largest absolute Gasteiger partial charge is 0.416 e. The van der Waals surface area contributed by atoms with Gasteiger partial charge in [0.2, 0.25) is 0 Å². The number of nitrogens with zero attached hydrogens (tertiary/aromatic N) is 3. The van der Waals surface area contributed by atoms with Crippen LogP contribution in [0.3, 0.4) is 0 Å². The number of halogens is 3. The highest BCUT2D eigenvalue weighted by atomic mass is 19.4. The number of aromatic amines is 1. The highest BCUT2D eigenvalue weighted by molar-refractivity contribution is 6.02. The van der Waals surface area contributed by atoms with Crippen LogP contribution in [0.4, 0.5) is 13.2 Å². The number of hydrogen-bond donors (Lipinski definition) is 2. The summed E-state index contributed by atoms with van der Waals surface area (Å²) in [4.78, 5) is 35.4. The number of carbonyl (C=O) groups is 1. The average Bonchev–Trinajstić information content (AvgIpc) is 3.03. The molecule has 1 amide bonds. The summed E-state index contributed by atoms with van der Waals surface area (Å²) in [5.41, 5.74) is 5.62. The van der Waals surface area contributed by atoms with Crippen molar-refractivity contribution < 1.29 is 18.0 Å². The lowest BCUT2D eigenvalue weighted by molar-refractivity contribution is -0.137. The Hall–Kier alpha value is -3.95. The molecule has 2 aromatic carbocycles. The Morgan fingerprint density at radius 1 is 1.03 bits per heavy atom. The van der Waals surface area contributed by atoms with Gasteiger partial charge in [0.15, 0.2) is 17.2 Å². The van der Waals surface area contributed by atoms with Gasteiger partial charge < -0.3 is 10.7 Å². The first kappa shape index (κ1) is 19.4. The van der Waals surface area contributed by atoms with E-state index in [0.717, 1.165) is 17.7 Å². The summed E-state index contributed by atoms with van der Waals surface area (Å²) in [6.07, 6.45) is -4.49. The smallest absolute Gasteiger partial charge is 0.364 e. The van der Waals surface area contributed by atoms with Crippen molar-refractivity contribution in [2.75, 3.05) is 0 Å². The van der Waals surface area contributed by atoms with Crippen LogP contribution in [0.15, 0.2) is 53.3 Å². The molecule has 0 aliphatic rings. The van der Waals surface area contributed by atoms with Crippen molar-refractivity contribution in [3.63, 3.8) is 0 Å². The number of aromatic nitrogens is 4. The molecule has 4 rings (SSSR count). The Bertz CT molecular complexity index is 1320. The van der Waals surface area contributed by atoms with Gasteiger partial charge >= 0.3 is 11.9 Å². The van der Waals surface area contributed by atoms with Crippen molar-refractivity contribution in [1.82, 2.24) is 19.5 Å². The Balaban J connectivity index is 1.96. The predicted octanol–water partition coefficient (Wildman–Crippen LogP) is 3.20. The van der Waals surface area contributed by atoms with Crippen molar-refractivity contribution in [3.8, 4) is 17.1 Å². The van der Waals surface area contributed by atoms with Crippen LogP contribution < -0.4 is 11.4 Å². The fourth-order valence-corrected chi connectivity index (χ4v) is 3.03. The zero-order chi connectivity index (χ0) is 21.6. The van der Waals surface area contributed by atoms with E-state index in [9.17, 15) is 22.8 Å². The van der Waals surface area contributed by atoms with Crippen LogP contribution in [0.25, 0.3) is 28.2 Å². The SMILES string of the molecule is Cc1ccc(-n2c(=O)[nH]c3c(C(N)=O)nc(-c4ccc(C(F)(F)F)cc4)nc32)cc1. The van der Waals surface area contributed by atoms with E-state index in [4.69, 9.17) is 5.73 Å². The van der Waals surface area contributed by atoms with Gasteiger partial charge in [-0.25, -0.2) is 19.3 Å². The summed E-state index contributed by atoms with van der Waals surface area (Å²) in [6, 6.07) is 11.2. The van der Waals surface area contributed by atoms with Crippen LogP contribution in [-0.4, -0.2) is 25.4 Å². The summed E-state index contributed by atoms with van der Waals surface area (Å²) >= 11 is 0. The molecule has 0 fully saturated rings. The third-order valence-electron chi connectivity index (χ3n) is 4.53. The minimum atomic E-state index is -4.49. The summed E-state index contributed by atoms with van der Waals surface area (Å²) in [5, 5.41) is 0. The maximum absolute atomic E-state index is 12.8. The molecular weight excluding hydrogens is 399 g/mol. The molecule has 30 heavy (non-hydrogen) atoms. The van der Waals surface area contributed by atoms with Gasteiger partial charge in [0.25, 0.3) is 5.91 Å². The number of rotatable bonds is 3. The molecule has 0 unspecified atom stereocenters. The monoisotopic (exact) mass is 413 g/mol. The molecule has 0 saturated carbocycles. The van der Waals surface area contributed by atoms with E-state index < -0.39 is 23.3 Å². The van der Waals surface area contributed by atoms with Crippen LogP contribution in [0, 0.1) is 6.92 Å². The highest BCUT2D eigenvalue weighted by Gasteiger charge is 2.30. The van der Waals surface area contributed by atoms with Gasteiger partial charge in [0, 0.05) is 5.56 Å². The van der Waals surface area contributed by atoms with Crippen LogP contribution in [0.5, 0.6) is 0 Å². The predicted molar refractivity (Wildman–Crippen MR) is 103 cm³/mol. The normalized spacial score (nSPS) is 11.7. The lowest BCUT2D eigenvalue weighted by Crippen LogP contribution is -2.15. The molecular formula is C20H14F3N5O2. The molecule has 0 spiro atoms. The van der Waals surface area contributed by atoms with Crippen LogP contribution in [0.2, 0.25) is 0 Å². The number of fused-ring (bicyclic) bond motifs is 1. The molecule has 3 N–H and O–H groups in total. The Morgan fingerprint density at radius 3 is 2.23 bits per heavy atom. The zero-order valence-electron chi connectivity index (χ0n) is 15.5. The van der Waals surface area contributed by atoms with Gasteiger partial charge in [-0.05, 0) is 31.2 Å². The number of primary amides is 1. The van der Waals surface area contributed by atoms with Gasteiger partial charge in [-0.2, -0.15) is 13.2 Å². The average molecular weight is 413 g/mol. The van der Waals surface area contributed by atoms with Gasteiger partial charge in [0.1, 0.15) is 5.52 Å². The van der Waals surface area contributed by atoms with Crippen molar-refractivity contribution in [1.29, 1.82) is 0 Å². The van der Waals surface area contributed by atoms with Gasteiger partial charge in [-0.15, -0.1) is 0 Å². The minimum Gasteiger partial charge on any atom is -0.364 e. The molecule has 7 nitrogen and oxygen atoms in total. The molecule has 0 aliphatic heterocycles. The molecule has 2 heterocycles. The van der Waals surface area contributed by atoms with Gasteiger partial charge in [-0.3, -0.25) is 4.79 Å². The fraction of sp³-hybridized carbons (Fsp3) is 0.100. The van der Waals surface area contributed by atoms with Crippen LogP contribution in [0.1, 0.15) is 21.6 Å². The number of nitrogens with one attached hydrogen (secondary N) is 1. The second-order valence-corrected chi connectivity index (χ2v) is 6.63. The van der Waals surface area contributed by atoms with E-state index in [1.54, 1.807) is 24.3 Å². The fourth-order valence-electron chi connectivity index (χ4n) is 3.03. The van der Waals surface area contributed by atoms with Gasteiger partial charge in [0.05, 0.1) is 11.3 Å². The van der Waals surface area contributed by atoms with Crippen molar-refractivity contribution in [2.45, 2.75) is 13.1 Å². The molecule has 0 atom stereocenters. The third kappa shape index (κ3) is 3.32. The number of aryl methyl sites for hydroxylation is 1. The van der Waals surface area contributed by atoms with Crippen LogP contribution in [-0.2, 0) is 6.18 Å². The van der Waals surface area contributed by atoms with E-state index in [-0.39, 0.29) is 28.2 Å². The number of alkyl halides is 3. The van der Waals surface area contributed by atoms with E-state index in [2.05, 4.69) is 15.0 Å². The first-order valence-electron chi connectivity index (χ1n) is 8.72. The first-order valence-corrected chi connectivity index (χ1v) is 8.72. The van der Waals surface area contributed by atoms with Crippen molar-refractivity contribution in [3.05, 3.63) is 75.8 Å². The standard InChI is InChI=1S/C20H14F3N5O2/c1-10-2-8-13(9-3-10)28-18-15(26-19(28)30)14(16(24)29)25-17(27-18)11-4-6-12(7-5-11)20(21,22)23/h2-9H,1H3,(H2,24,29)(H,26,30). The minimum absolute atomic E-state index is 0.0371. The lowest BCUT2D eigenvalue weighted by Gasteiger charge is -2.09. The Labute approximate surface area is 167 Å². The quantitative estimate of drug-likeness (QED) is 0.538. The Morgan fingerprint density at radius 2 is 1.67 bits per heavy atom. The zero-order valence-corrected chi connectivity index (χ0v) is 15.5. The third-order valence-corrected chi connectivity index (χ3v) is 4.53. The molecule has 0 aliphatic carbocycles. The molecule has 0 bridgehead atoms. The molecule has 0 radical (unpaired) electrons. The number of carbonyl (C=O) groups excluding carboxylic acids is 1. The summed E-state index contributed by atoms with van der Waals surface area (Å²) in [7, 11) is 0. The summed E-state index contributed by atoms with van der Waals surface area (Å²) in [6.45, 7) is 1.89. The summed E-state index contributed by atoms with van der Waals surface area (Å²) in [5.74, 6) is -0.947. The number of benzene rings is 2. The highest BCUT2D eigenvalue weighted by Crippen LogP contribution is 2.31. The number of H-pyrrole nitrogens is 1. The molecule has 0 saturated heterocycles. The topological polar surface area (TPSA) is 107 Å². The summed E-state index contributed by atoms with van der Waals surface area (Å²) < 4.78 is 39.8. The van der Waals surface area contributed by atoms with E-state index in [1.165, 1.54) is 16.7 Å². The molecule has 10 heteroatoms. The lowest BCUT2D eigenvalue weighted by atomic mass is 10.1. The second-order valence-electron chi connectivity index (χ2n) is 6.63. The van der Waals surface area contributed by atoms with Crippen LogP contribution >= 0.6 is 0 Å². The maximum Gasteiger partial charge on any atom is 0.416 e. The second kappa shape index (κ2) is 6.83. The number of hydrogen-bond acceptors (Lipinski definition) is 4. The number of nitrogens with two attached hydrogens (primary N) is 1. The van der Waals surface area contributed by atoms with E-state index in [0.29, 0.717) is 5.69 Å². The van der Waals surface area contributed by atoms with Crippen molar-refractivity contribution >= 4 is 17.1 Å². The Kier molecular flexibility index (Phi) is 4.41. The number of amides is 1. The van der Waals surface area contributed by atoms with E-state index in [1.807, 2.05) is 6.92 Å². The van der Waals surface area contributed by atoms with Gasteiger partial charge in [-0.1, -0.05) is 29.8 Å². The molecule has 2 aromatic heterocycles. The molecule has 4 aromatic rings. The molecule has 152 valence electrons. The maximum atomic E-state index is 12.8. The van der Waals surface area contributed by atoms with E-state index >= 15 is 0 Å². The first-order chi connectivity index (χ1) is 14.1.